The minimum atomic E-state index is -0.0352. The maximum atomic E-state index is 9.38. The van der Waals surface area contributed by atoms with Crippen molar-refractivity contribution in [3.8, 4) is 0 Å². The van der Waals surface area contributed by atoms with E-state index < -0.39 is 0 Å². The van der Waals surface area contributed by atoms with Gasteiger partial charge in [0.2, 0.25) is 0 Å². The summed E-state index contributed by atoms with van der Waals surface area (Å²) in [5.41, 5.74) is 0.974. The number of aliphatic hydroxyl groups excluding tert-OH is 1. The molecule has 0 aromatic heterocycles. The summed E-state index contributed by atoms with van der Waals surface area (Å²) in [5.74, 6) is 0.917. The van der Waals surface area contributed by atoms with Gasteiger partial charge < -0.3 is 10.4 Å². The summed E-state index contributed by atoms with van der Waals surface area (Å²) < 4.78 is 0. The number of aliphatic hydroxyl groups is 1. The molecule has 0 saturated heterocycles. The molecule has 0 amide bonds. The molecule has 16 heavy (non-hydrogen) atoms. The van der Waals surface area contributed by atoms with E-state index in [1.54, 1.807) is 0 Å². The zero-order valence-electron chi connectivity index (χ0n) is 10.8. The third-order valence-electron chi connectivity index (χ3n) is 5.79. The Morgan fingerprint density at radius 2 is 1.88 bits per heavy atom. The Kier molecular flexibility index (Phi) is 2.23. The van der Waals surface area contributed by atoms with Crippen LogP contribution in [0.3, 0.4) is 0 Å². The van der Waals surface area contributed by atoms with Gasteiger partial charge in [0, 0.05) is 12.1 Å². The van der Waals surface area contributed by atoms with Gasteiger partial charge in [0.15, 0.2) is 0 Å². The molecule has 0 heterocycles. The maximum absolute atomic E-state index is 9.38. The van der Waals surface area contributed by atoms with E-state index >= 15 is 0 Å². The van der Waals surface area contributed by atoms with Crippen molar-refractivity contribution in [2.75, 3.05) is 0 Å². The monoisotopic (exact) mass is 223 g/mol. The van der Waals surface area contributed by atoms with Gasteiger partial charge in [0.05, 0.1) is 6.10 Å². The average molecular weight is 223 g/mol. The summed E-state index contributed by atoms with van der Waals surface area (Å²) in [6.07, 6.45) is 6.13. The summed E-state index contributed by atoms with van der Waals surface area (Å²) in [5, 5.41) is 13.2. The van der Waals surface area contributed by atoms with Gasteiger partial charge >= 0.3 is 0 Å². The molecule has 2 heteroatoms. The fourth-order valence-corrected chi connectivity index (χ4v) is 4.68. The summed E-state index contributed by atoms with van der Waals surface area (Å²) in [6, 6.07) is 1.24. The number of hydrogen-bond donors (Lipinski definition) is 2. The van der Waals surface area contributed by atoms with Crippen LogP contribution in [0.5, 0.6) is 0 Å². The van der Waals surface area contributed by atoms with E-state index in [0.29, 0.717) is 22.9 Å². The minimum absolute atomic E-state index is 0.0352. The van der Waals surface area contributed by atoms with Crippen molar-refractivity contribution < 1.29 is 5.11 Å². The molecule has 0 aromatic carbocycles. The lowest BCUT2D eigenvalue weighted by Crippen LogP contribution is -2.57. The van der Waals surface area contributed by atoms with E-state index in [1.165, 1.54) is 19.3 Å². The molecule has 0 radical (unpaired) electrons. The average Bonchev–Trinajstić information content (AvgIpc) is 2.60. The van der Waals surface area contributed by atoms with E-state index in [2.05, 4.69) is 26.1 Å². The minimum Gasteiger partial charge on any atom is -0.393 e. The van der Waals surface area contributed by atoms with Crippen LogP contribution in [0.15, 0.2) is 0 Å². The predicted molar refractivity (Wildman–Crippen MR) is 65.2 cm³/mol. The Morgan fingerprint density at radius 1 is 1.19 bits per heavy atom. The van der Waals surface area contributed by atoms with Crippen molar-refractivity contribution in [1.29, 1.82) is 0 Å². The molecule has 3 aliphatic carbocycles. The van der Waals surface area contributed by atoms with Gasteiger partial charge in [0.25, 0.3) is 0 Å². The largest absolute Gasteiger partial charge is 0.393 e. The van der Waals surface area contributed by atoms with Gasteiger partial charge in [-0.2, -0.15) is 0 Å². The molecule has 2 bridgehead atoms. The van der Waals surface area contributed by atoms with E-state index in [0.717, 1.165) is 18.8 Å². The van der Waals surface area contributed by atoms with Crippen molar-refractivity contribution in [2.24, 2.45) is 16.7 Å². The van der Waals surface area contributed by atoms with Crippen molar-refractivity contribution in [3.05, 3.63) is 0 Å². The van der Waals surface area contributed by atoms with E-state index in [1.807, 2.05) is 0 Å². The van der Waals surface area contributed by atoms with Crippen molar-refractivity contribution >= 4 is 0 Å². The molecule has 0 spiro atoms. The highest BCUT2D eigenvalue weighted by Crippen LogP contribution is 2.62. The zero-order chi connectivity index (χ0) is 11.6. The van der Waals surface area contributed by atoms with Crippen molar-refractivity contribution in [3.63, 3.8) is 0 Å². The second-order valence-corrected chi connectivity index (χ2v) is 7.34. The first kappa shape index (κ1) is 11.0. The molecule has 3 atom stereocenters. The van der Waals surface area contributed by atoms with E-state index in [4.69, 9.17) is 0 Å². The number of rotatable bonds is 2. The maximum Gasteiger partial charge on any atom is 0.0570 e. The third kappa shape index (κ3) is 1.39. The Bertz CT molecular complexity index is 290. The number of hydrogen-bond acceptors (Lipinski definition) is 2. The van der Waals surface area contributed by atoms with Crippen LogP contribution in [-0.2, 0) is 0 Å². The van der Waals surface area contributed by atoms with Crippen LogP contribution in [-0.4, -0.2) is 23.3 Å². The molecular formula is C14H25NO. The van der Waals surface area contributed by atoms with Gasteiger partial charge in [-0.15, -0.1) is 0 Å². The van der Waals surface area contributed by atoms with Crippen LogP contribution < -0.4 is 5.32 Å². The first-order chi connectivity index (χ1) is 7.42. The topological polar surface area (TPSA) is 32.3 Å². The molecule has 0 aliphatic heterocycles. The highest BCUT2D eigenvalue weighted by atomic mass is 16.3. The van der Waals surface area contributed by atoms with Crippen LogP contribution in [0.2, 0.25) is 0 Å². The highest BCUT2D eigenvalue weighted by Gasteiger charge is 2.59. The third-order valence-corrected chi connectivity index (χ3v) is 5.79. The lowest BCUT2D eigenvalue weighted by atomic mass is 9.67. The Hall–Kier alpha value is -0.0800. The lowest BCUT2D eigenvalue weighted by Gasteiger charge is -2.47. The molecule has 3 unspecified atom stereocenters. The fourth-order valence-electron chi connectivity index (χ4n) is 4.68. The number of nitrogens with one attached hydrogen (secondary N) is 1. The molecule has 2 N–H and O–H groups in total. The normalized spacial score (nSPS) is 54.0. The van der Waals surface area contributed by atoms with Gasteiger partial charge in [-0.05, 0) is 48.9 Å². The Balaban J connectivity index is 1.73. The molecule has 3 saturated carbocycles. The summed E-state index contributed by atoms with van der Waals surface area (Å²) in [6.45, 7) is 7.35. The van der Waals surface area contributed by atoms with Gasteiger partial charge in [-0.1, -0.05) is 20.8 Å². The van der Waals surface area contributed by atoms with Crippen LogP contribution >= 0.6 is 0 Å². The van der Waals surface area contributed by atoms with E-state index in [-0.39, 0.29) is 6.10 Å². The van der Waals surface area contributed by atoms with Crippen LogP contribution in [0.1, 0.15) is 52.9 Å². The van der Waals surface area contributed by atoms with Gasteiger partial charge in [-0.3, -0.25) is 0 Å². The molecule has 0 aromatic rings. The summed E-state index contributed by atoms with van der Waals surface area (Å²) in [7, 11) is 0. The lowest BCUT2D eigenvalue weighted by molar-refractivity contribution is 0.0255. The first-order valence-electron chi connectivity index (χ1n) is 6.86. The standard InChI is InChI=1S/C14H25NO/c1-13(2)9-4-5-14(3,8-9)12(13)15-10-6-11(16)7-10/h9-12,15-16H,4-8H2,1-3H3. The number of fused-ring (bicyclic) bond motifs is 2. The van der Waals surface area contributed by atoms with Crippen LogP contribution in [0, 0.1) is 16.7 Å². The summed E-state index contributed by atoms with van der Waals surface area (Å²) in [4.78, 5) is 0. The molecular weight excluding hydrogens is 198 g/mol. The highest BCUT2D eigenvalue weighted by molar-refractivity contribution is 5.13. The fraction of sp³-hybridized carbons (Fsp3) is 1.00. The Labute approximate surface area is 98.8 Å². The summed E-state index contributed by atoms with van der Waals surface area (Å²) >= 11 is 0. The van der Waals surface area contributed by atoms with Gasteiger partial charge in [0.1, 0.15) is 0 Å². The molecule has 3 fully saturated rings. The quantitative estimate of drug-likeness (QED) is 0.753. The zero-order valence-corrected chi connectivity index (χ0v) is 10.8. The second kappa shape index (κ2) is 3.23. The SMILES string of the molecule is CC12CCC(C1)C(C)(C)C2NC1CC(O)C1. The van der Waals surface area contributed by atoms with Crippen molar-refractivity contribution in [1.82, 2.24) is 5.32 Å². The van der Waals surface area contributed by atoms with Crippen LogP contribution in [0.25, 0.3) is 0 Å². The second-order valence-electron chi connectivity index (χ2n) is 7.34. The van der Waals surface area contributed by atoms with Gasteiger partial charge in [-0.25, -0.2) is 0 Å². The van der Waals surface area contributed by atoms with Crippen molar-refractivity contribution in [2.45, 2.75) is 71.1 Å². The predicted octanol–water partition coefficient (Wildman–Crippen LogP) is 2.31. The first-order valence-corrected chi connectivity index (χ1v) is 6.86. The van der Waals surface area contributed by atoms with E-state index in [9.17, 15) is 5.11 Å². The molecule has 92 valence electrons. The van der Waals surface area contributed by atoms with Crippen LogP contribution in [0.4, 0.5) is 0 Å². The molecule has 3 rings (SSSR count). The Morgan fingerprint density at radius 3 is 2.38 bits per heavy atom. The molecule has 2 nitrogen and oxygen atoms in total. The molecule has 3 aliphatic rings. The smallest absolute Gasteiger partial charge is 0.0570 e.